The van der Waals surface area contributed by atoms with Gasteiger partial charge in [0.1, 0.15) is 0 Å². The van der Waals surface area contributed by atoms with Crippen LogP contribution >= 0.6 is 12.2 Å². The standard InChI is InChI=1S/C7H13N3O3S/c1-13-3-2-9-6(11)7(12)10-4-5(8)14/h2-4H2,1H3,(H2,8,14)(H,9,11)(H,10,12). The molecule has 0 heterocycles. The van der Waals surface area contributed by atoms with Gasteiger partial charge in [-0.05, 0) is 0 Å². The van der Waals surface area contributed by atoms with Crippen LogP contribution in [0.3, 0.4) is 0 Å². The molecule has 0 fully saturated rings. The fourth-order valence-corrected chi connectivity index (χ4v) is 0.667. The van der Waals surface area contributed by atoms with Crippen molar-refractivity contribution in [2.45, 2.75) is 0 Å². The Bertz CT molecular complexity index is 232. The maximum atomic E-state index is 11.0. The zero-order valence-corrected chi connectivity index (χ0v) is 8.65. The molecule has 0 aromatic carbocycles. The molecule has 0 aromatic heterocycles. The molecule has 2 amide bonds. The molecule has 0 aromatic rings. The second-order valence-electron chi connectivity index (χ2n) is 2.40. The lowest BCUT2D eigenvalue weighted by atomic mass is 10.5. The number of carbonyl (C=O) groups excluding carboxylic acids is 2. The van der Waals surface area contributed by atoms with E-state index in [2.05, 4.69) is 27.6 Å². The third-order valence-electron chi connectivity index (χ3n) is 1.22. The minimum Gasteiger partial charge on any atom is -0.392 e. The lowest BCUT2D eigenvalue weighted by Gasteiger charge is -2.04. The summed E-state index contributed by atoms with van der Waals surface area (Å²) >= 11 is 4.52. The van der Waals surface area contributed by atoms with Gasteiger partial charge in [-0.25, -0.2) is 0 Å². The Morgan fingerprint density at radius 3 is 2.43 bits per heavy atom. The first kappa shape index (κ1) is 12.8. The minimum atomic E-state index is -0.756. The van der Waals surface area contributed by atoms with Crippen molar-refractivity contribution < 1.29 is 14.3 Å². The Balaban J connectivity index is 3.65. The van der Waals surface area contributed by atoms with Crippen molar-refractivity contribution in [3.05, 3.63) is 0 Å². The number of hydrogen-bond acceptors (Lipinski definition) is 4. The molecule has 80 valence electrons. The molecule has 0 aliphatic carbocycles. The number of rotatable bonds is 5. The third kappa shape index (κ3) is 6.32. The van der Waals surface area contributed by atoms with E-state index in [-0.39, 0.29) is 18.1 Å². The van der Waals surface area contributed by atoms with Crippen LogP contribution in [-0.2, 0) is 14.3 Å². The summed E-state index contributed by atoms with van der Waals surface area (Å²) in [4.78, 5) is 22.1. The van der Waals surface area contributed by atoms with E-state index in [9.17, 15) is 9.59 Å². The average molecular weight is 219 g/mol. The van der Waals surface area contributed by atoms with Crippen molar-refractivity contribution in [3.63, 3.8) is 0 Å². The van der Waals surface area contributed by atoms with Crippen LogP contribution in [0.4, 0.5) is 0 Å². The molecule has 0 saturated heterocycles. The van der Waals surface area contributed by atoms with Crippen LogP contribution in [0.1, 0.15) is 0 Å². The number of nitrogens with one attached hydrogen (secondary N) is 2. The second-order valence-corrected chi connectivity index (χ2v) is 2.92. The number of carbonyl (C=O) groups is 2. The number of hydrogen-bond donors (Lipinski definition) is 3. The van der Waals surface area contributed by atoms with E-state index in [4.69, 9.17) is 5.73 Å². The minimum absolute atomic E-state index is 0.0197. The van der Waals surface area contributed by atoms with Gasteiger partial charge in [0.15, 0.2) is 0 Å². The van der Waals surface area contributed by atoms with E-state index in [1.54, 1.807) is 0 Å². The molecular weight excluding hydrogens is 206 g/mol. The highest BCUT2D eigenvalue weighted by Gasteiger charge is 2.11. The molecule has 4 N–H and O–H groups in total. The van der Waals surface area contributed by atoms with E-state index in [1.807, 2.05) is 0 Å². The average Bonchev–Trinajstić information content (AvgIpc) is 2.14. The molecule has 0 radical (unpaired) electrons. The van der Waals surface area contributed by atoms with Crippen molar-refractivity contribution in [3.8, 4) is 0 Å². The molecule has 0 spiro atoms. The van der Waals surface area contributed by atoms with E-state index in [1.165, 1.54) is 7.11 Å². The molecule has 0 bridgehead atoms. The summed E-state index contributed by atoms with van der Waals surface area (Å²) in [7, 11) is 1.50. The first-order chi connectivity index (χ1) is 6.57. The molecule has 6 nitrogen and oxygen atoms in total. The molecule has 0 saturated carbocycles. The molecular formula is C7H13N3O3S. The van der Waals surface area contributed by atoms with Crippen molar-refractivity contribution >= 4 is 29.0 Å². The van der Waals surface area contributed by atoms with Crippen LogP contribution in [0.5, 0.6) is 0 Å². The van der Waals surface area contributed by atoms with E-state index < -0.39 is 11.8 Å². The Morgan fingerprint density at radius 2 is 1.93 bits per heavy atom. The predicted octanol–water partition coefficient (Wildman–Crippen LogP) is -1.85. The van der Waals surface area contributed by atoms with Gasteiger partial charge in [0, 0.05) is 13.7 Å². The van der Waals surface area contributed by atoms with Crippen molar-refractivity contribution in [1.82, 2.24) is 10.6 Å². The molecule has 0 aliphatic rings. The number of thiocarbonyl (C=S) groups is 1. The van der Waals surface area contributed by atoms with Gasteiger partial charge >= 0.3 is 11.8 Å². The monoisotopic (exact) mass is 219 g/mol. The highest BCUT2D eigenvalue weighted by Crippen LogP contribution is 1.71. The van der Waals surface area contributed by atoms with Crippen LogP contribution in [0.25, 0.3) is 0 Å². The van der Waals surface area contributed by atoms with Gasteiger partial charge in [-0.15, -0.1) is 0 Å². The summed E-state index contributed by atoms with van der Waals surface area (Å²) in [6, 6.07) is 0. The summed E-state index contributed by atoms with van der Waals surface area (Å²) < 4.78 is 4.68. The highest BCUT2D eigenvalue weighted by atomic mass is 32.1. The van der Waals surface area contributed by atoms with Gasteiger partial charge in [0.25, 0.3) is 0 Å². The Morgan fingerprint density at radius 1 is 1.36 bits per heavy atom. The number of methoxy groups -OCH3 is 1. The summed E-state index contributed by atoms with van der Waals surface area (Å²) in [6.45, 7) is 0.663. The van der Waals surface area contributed by atoms with E-state index in [0.717, 1.165) is 0 Å². The van der Waals surface area contributed by atoms with Crippen LogP contribution in [0, 0.1) is 0 Å². The normalized spacial score (nSPS) is 9.21. The fraction of sp³-hybridized carbons (Fsp3) is 0.571. The van der Waals surface area contributed by atoms with Crippen molar-refractivity contribution in [2.75, 3.05) is 26.8 Å². The Kier molecular flexibility index (Phi) is 6.59. The van der Waals surface area contributed by atoms with Gasteiger partial charge in [0.05, 0.1) is 18.1 Å². The van der Waals surface area contributed by atoms with Crippen LogP contribution in [-0.4, -0.2) is 43.6 Å². The molecule has 14 heavy (non-hydrogen) atoms. The fourth-order valence-electron chi connectivity index (χ4n) is 0.595. The van der Waals surface area contributed by atoms with Crippen molar-refractivity contribution in [1.29, 1.82) is 0 Å². The van der Waals surface area contributed by atoms with Crippen molar-refractivity contribution in [2.24, 2.45) is 5.73 Å². The van der Waals surface area contributed by atoms with E-state index in [0.29, 0.717) is 6.61 Å². The zero-order chi connectivity index (χ0) is 11.0. The van der Waals surface area contributed by atoms with Gasteiger partial charge in [-0.2, -0.15) is 0 Å². The van der Waals surface area contributed by atoms with Crippen LogP contribution < -0.4 is 16.4 Å². The van der Waals surface area contributed by atoms with Gasteiger partial charge in [-0.1, -0.05) is 12.2 Å². The largest absolute Gasteiger partial charge is 0.392 e. The number of amides is 2. The number of nitrogens with two attached hydrogens (primary N) is 1. The first-order valence-electron chi connectivity index (χ1n) is 3.91. The molecule has 0 atom stereocenters. The lowest BCUT2D eigenvalue weighted by Crippen LogP contribution is -2.43. The van der Waals surface area contributed by atoms with Gasteiger partial charge < -0.3 is 21.1 Å². The maximum Gasteiger partial charge on any atom is 0.309 e. The van der Waals surface area contributed by atoms with Gasteiger partial charge in [-0.3, -0.25) is 9.59 Å². The van der Waals surface area contributed by atoms with E-state index >= 15 is 0 Å². The SMILES string of the molecule is COCCNC(=O)C(=O)NCC(N)=S. The predicted molar refractivity (Wildman–Crippen MR) is 54.7 cm³/mol. The Hall–Kier alpha value is -1.21. The summed E-state index contributed by atoms with van der Waals surface area (Å²) in [5.74, 6) is -1.48. The summed E-state index contributed by atoms with van der Waals surface area (Å²) in [6.07, 6.45) is 0. The van der Waals surface area contributed by atoms with Gasteiger partial charge in [0.2, 0.25) is 0 Å². The number of ether oxygens (including phenoxy) is 1. The first-order valence-corrected chi connectivity index (χ1v) is 4.32. The topological polar surface area (TPSA) is 93.4 Å². The Labute approximate surface area is 87.2 Å². The maximum absolute atomic E-state index is 11.0. The summed E-state index contributed by atoms with van der Waals surface area (Å²) in [5, 5.41) is 4.60. The smallest absolute Gasteiger partial charge is 0.309 e. The molecule has 7 heteroatoms. The lowest BCUT2D eigenvalue weighted by molar-refractivity contribution is -0.139. The molecule has 0 unspecified atom stereocenters. The third-order valence-corrected chi connectivity index (χ3v) is 1.37. The molecule has 0 aliphatic heterocycles. The van der Waals surface area contributed by atoms with Crippen LogP contribution in [0.15, 0.2) is 0 Å². The molecule has 0 rings (SSSR count). The zero-order valence-electron chi connectivity index (χ0n) is 7.83. The highest BCUT2D eigenvalue weighted by molar-refractivity contribution is 7.80. The second kappa shape index (κ2) is 7.22. The summed E-state index contributed by atoms with van der Waals surface area (Å²) in [5.41, 5.74) is 5.13. The quantitative estimate of drug-likeness (QED) is 0.287. The van der Waals surface area contributed by atoms with Crippen LogP contribution in [0.2, 0.25) is 0 Å².